The summed E-state index contributed by atoms with van der Waals surface area (Å²) in [6.07, 6.45) is 0.735. The molecule has 0 radical (unpaired) electrons. The fourth-order valence-electron chi connectivity index (χ4n) is 1.48. The minimum atomic E-state index is -1.21. The number of carboxylic acids is 1. The molecule has 0 aliphatic carbocycles. The lowest BCUT2D eigenvalue weighted by atomic mass is 10.3. The molecule has 1 heterocycles. The fraction of sp³-hybridized carbons (Fsp3) is 0.889. The van der Waals surface area contributed by atoms with E-state index in [2.05, 4.69) is 0 Å². The van der Waals surface area contributed by atoms with E-state index in [9.17, 15) is 9.35 Å². The zero-order valence-electron chi connectivity index (χ0n) is 8.98. The molecule has 1 saturated heterocycles. The molecule has 5 heteroatoms. The number of hydrogen-bond acceptors (Lipinski definition) is 3. The number of carboxylic acid groups (broad SMARTS) is 1. The average Bonchev–Trinajstić information content (AvgIpc) is 2.74. The van der Waals surface area contributed by atoms with Crippen LogP contribution < -0.4 is 0 Å². The first-order chi connectivity index (χ1) is 6.30. The number of hydrogen-bond donors (Lipinski definition) is 1. The SMILES string of the molecule is CC[C@@H]1[C@H](C(=O)O)N1[S+]([O-])C(C)(C)C. The minimum absolute atomic E-state index is 0.0486. The first-order valence-electron chi connectivity index (χ1n) is 4.73. The van der Waals surface area contributed by atoms with Crippen LogP contribution in [0.25, 0.3) is 0 Å². The summed E-state index contributed by atoms with van der Waals surface area (Å²) < 4.78 is 13.1. The molecule has 4 nitrogen and oxygen atoms in total. The van der Waals surface area contributed by atoms with Crippen molar-refractivity contribution in [2.75, 3.05) is 0 Å². The van der Waals surface area contributed by atoms with Crippen molar-refractivity contribution >= 4 is 17.3 Å². The smallest absolute Gasteiger partial charge is 0.327 e. The predicted molar refractivity (Wildman–Crippen MR) is 55.2 cm³/mol. The Morgan fingerprint density at radius 3 is 2.29 bits per heavy atom. The topological polar surface area (TPSA) is 63.4 Å². The highest BCUT2D eigenvalue weighted by Crippen LogP contribution is 2.39. The molecule has 0 bridgehead atoms. The summed E-state index contributed by atoms with van der Waals surface area (Å²) in [5.74, 6) is -0.866. The van der Waals surface area contributed by atoms with E-state index in [1.165, 1.54) is 0 Å². The highest BCUT2D eigenvalue weighted by atomic mass is 32.2. The van der Waals surface area contributed by atoms with E-state index in [4.69, 9.17) is 5.11 Å². The summed E-state index contributed by atoms with van der Waals surface area (Å²) in [6, 6.07) is -0.590. The Balaban J connectivity index is 2.68. The van der Waals surface area contributed by atoms with Crippen molar-refractivity contribution in [2.24, 2.45) is 0 Å². The standard InChI is InChI=1S/C9H17NO3S/c1-5-6-7(8(11)12)10(6)14(13)9(2,3)4/h6-7H,5H2,1-4H3,(H,11,12)/t6-,7-,10?,14?/m1/s1. The maximum Gasteiger partial charge on any atom is 0.327 e. The second-order valence-electron chi connectivity index (χ2n) is 4.48. The quantitative estimate of drug-likeness (QED) is 0.568. The van der Waals surface area contributed by atoms with E-state index in [0.717, 1.165) is 6.42 Å². The molecule has 1 fully saturated rings. The van der Waals surface area contributed by atoms with Crippen LogP contribution >= 0.6 is 0 Å². The molecule has 0 aromatic heterocycles. The fourth-order valence-corrected chi connectivity index (χ4v) is 3.00. The van der Waals surface area contributed by atoms with Gasteiger partial charge in [-0.25, -0.2) is 0 Å². The van der Waals surface area contributed by atoms with Crippen molar-refractivity contribution < 1.29 is 14.5 Å². The zero-order valence-corrected chi connectivity index (χ0v) is 9.80. The summed E-state index contributed by atoms with van der Waals surface area (Å²) in [5.41, 5.74) is 0. The van der Waals surface area contributed by atoms with E-state index >= 15 is 0 Å². The van der Waals surface area contributed by atoms with Crippen LogP contribution in [-0.4, -0.2) is 36.8 Å². The van der Waals surface area contributed by atoms with Crippen molar-refractivity contribution in [2.45, 2.75) is 50.9 Å². The van der Waals surface area contributed by atoms with Crippen molar-refractivity contribution in [3.8, 4) is 0 Å². The van der Waals surface area contributed by atoms with Crippen LogP contribution in [0.4, 0.5) is 0 Å². The van der Waals surface area contributed by atoms with Gasteiger partial charge < -0.3 is 9.66 Å². The van der Waals surface area contributed by atoms with Gasteiger partial charge in [-0.2, -0.15) is 0 Å². The van der Waals surface area contributed by atoms with Crippen LogP contribution in [0.2, 0.25) is 0 Å². The van der Waals surface area contributed by atoms with Crippen LogP contribution in [0, 0.1) is 0 Å². The van der Waals surface area contributed by atoms with E-state index in [1.807, 2.05) is 27.7 Å². The van der Waals surface area contributed by atoms with E-state index in [0.29, 0.717) is 0 Å². The number of rotatable bonds is 3. The number of nitrogens with zero attached hydrogens (tertiary/aromatic N) is 1. The Bertz CT molecular complexity index is 239. The average molecular weight is 219 g/mol. The minimum Gasteiger partial charge on any atom is -0.597 e. The Hall–Kier alpha value is -0.260. The van der Waals surface area contributed by atoms with E-state index < -0.39 is 23.4 Å². The van der Waals surface area contributed by atoms with Gasteiger partial charge in [-0.05, 0) is 27.2 Å². The lowest BCUT2D eigenvalue weighted by molar-refractivity contribution is -0.137. The first-order valence-corrected chi connectivity index (χ1v) is 5.84. The van der Waals surface area contributed by atoms with Crippen molar-refractivity contribution in [3.63, 3.8) is 0 Å². The second-order valence-corrected chi connectivity index (χ2v) is 6.62. The normalized spacial score (nSPS) is 33.9. The molecular weight excluding hydrogens is 202 g/mol. The molecule has 1 rings (SSSR count). The van der Waals surface area contributed by atoms with Gasteiger partial charge in [0.2, 0.25) is 0 Å². The molecule has 1 aliphatic rings. The van der Waals surface area contributed by atoms with Crippen LogP contribution in [0.5, 0.6) is 0 Å². The van der Waals surface area contributed by atoms with Gasteiger partial charge >= 0.3 is 5.97 Å². The summed E-state index contributed by atoms with van der Waals surface area (Å²) in [6.45, 7) is 7.48. The second kappa shape index (κ2) is 3.72. The molecule has 0 spiro atoms. The maximum atomic E-state index is 11.9. The van der Waals surface area contributed by atoms with Gasteiger partial charge in [-0.15, -0.1) is 4.31 Å². The van der Waals surface area contributed by atoms with Crippen molar-refractivity contribution in [3.05, 3.63) is 0 Å². The number of aliphatic carboxylic acids is 1. The van der Waals surface area contributed by atoms with E-state index in [-0.39, 0.29) is 10.8 Å². The van der Waals surface area contributed by atoms with Crippen LogP contribution in [-0.2, 0) is 16.2 Å². The summed E-state index contributed by atoms with van der Waals surface area (Å²) in [5, 5.41) is 8.86. The van der Waals surface area contributed by atoms with Crippen LogP contribution in [0.3, 0.4) is 0 Å². The Labute approximate surface area is 87.6 Å². The molecule has 4 atom stereocenters. The van der Waals surface area contributed by atoms with Gasteiger partial charge in [-0.1, -0.05) is 6.92 Å². The predicted octanol–water partition coefficient (Wildman–Crippen LogP) is 0.996. The molecule has 1 N–H and O–H groups in total. The highest BCUT2D eigenvalue weighted by Gasteiger charge is 2.62. The third-order valence-corrected chi connectivity index (χ3v) is 4.19. The summed E-state index contributed by atoms with van der Waals surface area (Å²) in [4.78, 5) is 10.8. The summed E-state index contributed by atoms with van der Waals surface area (Å²) in [7, 11) is 0. The molecular formula is C9H17NO3S. The van der Waals surface area contributed by atoms with Gasteiger partial charge in [0.25, 0.3) is 0 Å². The first kappa shape index (κ1) is 11.8. The number of carbonyl (C=O) groups is 1. The zero-order chi connectivity index (χ0) is 11.1. The third kappa shape index (κ3) is 2.04. The monoisotopic (exact) mass is 219 g/mol. The molecule has 0 aromatic rings. The molecule has 14 heavy (non-hydrogen) atoms. The lowest BCUT2D eigenvalue weighted by Gasteiger charge is -2.24. The summed E-state index contributed by atoms with van der Waals surface area (Å²) >= 11 is -1.21. The third-order valence-electron chi connectivity index (χ3n) is 2.26. The largest absolute Gasteiger partial charge is 0.597 e. The lowest BCUT2D eigenvalue weighted by Crippen LogP contribution is -2.35. The molecule has 82 valence electrons. The maximum absolute atomic E-state index is 11.9. The van der Waals surface area contributed by atoms with Gasteiger partial charge in [0, 0.05) is 11.4 Å². The van der Waals surface area contributed by atoms with Crippen LogP contribution in [0.1, 0.15) is 34.1 Å². The molecule has 0 saturated carbocycles. The molecule has 0 amide bonds. The molecule has 0 aromatic carbocycles. The van der Waals surface area contributed by atoms with Crippen molar-refractivity contribution in [1.82, 2.24) is 4.31 Å². The Morgan fingerprint density at radius 2 is 2.07 bits per heavy atom. The Morgan fingerprint density at radius 1 is 1.57 bits per heavy atom. The highest BCUT2D eigenvalue weighted by molar-refractivity contribution is 7.90. The van der Waals surface area contributed by atoms with Gasteiger partial charge in [-0.3, -0.25) is 4.79 Å². The van der Waals surface area contributed by atoms with Gasteiger partial charge in [0.1, 0.15) is 4.75 Å². The van der Waals surface area contributed by atoms with Crippen molar-refractivity contribution in [1.29, 1.82) is 0 Å². The Kier molecular flexibility index (Phi) is 3.13. The van der Waals surface area contributed by atoms with Gasteiger partial charge in [0.05, 0.1) is 6.04 Å². The van der Waals surface area contributed by atoms with Crippen LogP contribution in [0.15, 0.2) is 0 Å². The molecule has 2 unspecified atom stereocenters. The van der Waals surface area contributed by atoms with Gasteiger partial charge in [0.15, 0.2) is 6.04 Å². The molecule has 1 aliphatic heterocycles. The van der Waals surface area contributed by atoms with E-state index in [1.54, 1.807) is 4.31 Å².